The number of hydrogen-bond donors (Lipinski definition) is 2. The molecule has 3 aromatic rings. The number of halogens is 1. The van der Waals surface area contributed by atoms with Crippen molar-refractivity contribution in [3.63, 3.8) is 0 Å². The fourth-order valence-corrected chi connectivity index (χ4v) is 2.89. The van der Waals surface area contributed by atoms with Crippen LogP contribution in [0.1, 0.15) is 22.7 Å². The Morgan fingerprint density at radius 1 is 1.13 bits per heavy atom. The van der Waals surface area contributed by atoms with Gasteiger partial charge in [0.25, 0.3) is 0 Å². The van der Waals surface area contributed by atoms with Crippen LogP contribution in [-0.4, -0.2) is 17.1 Å². The molecule has 0 saturated carbocycles. The number of nitrogen functional groups attached to an aromatic ring is 1. The zero-order chi connectivity index (χ0) is 16.2. The summed E-state index contributed by atoms with van der Waals surface area (Å²) in [6.45, 7) is 0. The van der Waals surface area contributed by atoms with E-state index >= 15 is 0 Å². The predicted molar refractivity (Wildman–Crippen MR) is 95.7 cm³/mol. The summed E-state index contributed by atoms with van der Waals surface area (Å²) in [6.07, 6.45) is 2.67. The van der Waals surface area contributed by atoms with Crippen LogP contribution in [0, 0.1) is 0 Å². The number of nitrogens with two attached hydrogens (primary N) is 1. The number of nitrogens with zero attached hydrogens (tertiary/aromatic N) is 1. The molecule has 1 unspecified atom stereocenters. The summed E-state index contributed by atoms with van der Waals surface area (Å²) in [7, 11) is 1.67. The van der Waals surface area contributed by atoms with Crippen LogP contribution in [0.25, 0.3) is 0 Å². The van der Waals surface area contributed by atoms with Gasteiger partial charge in [-0.15, -0.1) is 0 Å². The number of hydrogen-bond acceptors (Lipinski definition) is 3. The van der Waals surface area contributed by atoms with Gasteiger partial charge in [0.15, 0.2) is 5.95 Å². The van der Waals surface area contributed by atoms with Crippen LogP contribution < -0.4 is 10.5 Å². The molecule has 4 nitrogen and oxygen atoms in total. The number of imidazole rings is 1. The van der Waals surface area contributed by atoms with Gasteiger partial charge < -0.3 is 15.5 Å². The Labute approximate surface area is 143 Å². The SMILES string of the molecule is COc1ccc(C(Cc2ccc(Br)cc2)c2cnc(N)[nH]2)cc1. The smallest absolute Gasteiger partial charge is 0.197 e. The van der Waals surface area contributed by atoms with Gasteiger partial charge in [0, 0.05) is 16.1 Å². The highest BCUT2D eigenvalue weighted by Crippen LogP contribution is 2.29. The molecule has 118 valence electrons. The monoisotopic (exact) mass is 371 g/mol. The third kappa shape index (κ3) is 3.74. The average Bonchev–Trinajstić information content (AvgIpc) is 3.01. The van der Waals surface area contributed by atoms with E-state index in [0.717, 1.165) is 22.3 Å². The average molecular weight is 372 g/mol. The number of aromatic amines is 1. The Morgan fingerprint density at radius 3 is 2.39 bits per heavy atom. The predicted octanol–water partition coefficient (Wildman–Crippen LogP) is 4.14. The molecular weight excluding hydrogens is 354 g/mol. The van der Waals surface area contributed by atoms with Crippen molar-refractivity contribution >= 4 is 21.9 Å². The van der Waals surface area contributed by atoms with E-state index in [1.807, 2.05) is 18.3 Å². The van der Waals surface area contributed by atoms with Gasteiger partial charge in [0.05, 0.1) is 13.3 Å². The van der Waals surface area contributed by atoms with Crippen LogP contribution in [0.4, 0.5) is 5.95 Å². The van der Waals surface area contributed by atoms with Crippen molar-refractivity contribution in [2.45, 2.75) is 12.3 Å². The number of methoxy groups -OCH3 is 1. The molecule has 3 rings (SSSR count). The largest absolute Gasteiger partial charge is 0.497 e. The maximum atomic E-state index is 5.76. The van der Waals surface area contributed by atoms with Crippen molar-refractivity contribution in [2.75, 3.05) is 12.8 Å². The van der Waals surface area contributed by atoms with Crippen LogP contribution in [0.3, 0.4) is 0 Å². The molecule has 0 bridgehead atoms. The summed E-state index contributed by atoms with van der Waals surface area (Å²) >= 11 is 3.47. The number of ether oxygens (including phenoxy) is 1. The third-order valence-electron chi connectivity index (χ3n) is 3.86. The number of benzene rings is 2. The zero-order valence-corrected chi connectivity index (χ0v) is 14.4. The number of anilines is 1. The van der Waals surface area contributed by atoms with Crippen LogP contribution in [-0.2, 0) is 6.42 Å². The van der Waals surface area contributed by atoms with Crippen LogP contribution >= 0.6 is 15.9 Å². The molecule has 0 spiro atoms. The first-order valence-electron chi connectivity index (χ1n) is 7.34. The molecule has 1 heterocycles. The Hall–Kier alpha value is -2.27. The highest BCUT2D eigenvalue weighted by Gasteiger charge is 2.17. The van der Waals surface area contributed by atoms with Gasteiger partial charge in [-0.05, 0) is 41.8 Å². The molecule has 5 heteroatoms. The second kappa shape index (κ2) is 6.87. The van der Waals surface area contributed by atoms with Crippen molar-refractivity contribution in [2.24, 2.45) is 0 Å². The first-order chi connectivity index (χ1) is 11.2. The number of nitrogens with one attached hydrogen (secondary N) is 1. The Balaban J connectivity index is 1.94. The minimum absolute atomic E-state index is 0.159. The van der Waals surface area contributed by atoms with Gasteiger partial charge in [-0.25, -0.2) is 4.98 Å². The summed E-state index contributed by atoms with van der Waals surface area (Å²) in [5, 5.41) is 0. The lowest BCUT2D eigenvalue weighted by Crippen LogP contribution is -2.06. The highest BCUT2D eigenvalue weighted by molar-refractivity contribution is 9.10. The number of rotatable bonds is 5. The van der Waals surface area contributed by atoms with Crippen molar-refractivity contribution in [1.29, 1.82) is 0 Å². The molecule has 0 aliphatic rings. The van der Waals surface area contributed by atoms with Crippen LogP contribution in [0.5, 0.6) is 5.75 Å². The van der Waals surface area contributed by atoms with Crippen molar-refractivity contribution in [3.05, 3.63) is 76.0 Å². The standard InChI is InChI=1S/C18H18BrN3O/c1-23-15-8-4-13(5-9-15)16(17-11-21-18(20)22-17)10-12-2-6-14(19)7-3-12/h2-9,11,16H,10H2,1H3,(H3,20,21,22). The van der Waals surface area contributed by atoms with Crippen molar-refractivity contribution in [1.82, 2.24) is 9.97 Å². The summed E-state index contributed by atoms with van der Waals surface area (Å²) in [4.78, 5) is 7.30. The lowest BCUT2D eigenvalue weighted by atomic mass is 9.89. The first-order valence-corrected chi connectivity index (χ1v) is 8.14. The topological polar surface area (TPSA) is 63.9 Å². The van der Waals surface area contributed by atoms with Gasteiger partial charge in [-0.3, -0.25) is 0 Å². The Kier molecular flexibility index (Phi) is 4.67. The van der Waals surface area contributed by atoms with Gasteiger partial charge in [-0.1, -0.05) is 40.2 Å². The van der Waals surface area contributed by atoms with E-state index in [9.17, 15) is 0 Å². The van der Waals surface area contributed by atoms with E-state index in [4.69, 9.17) is 10.5 Å². The number of aromatic nitrogens is 2. The van der Waals surface area contributed by atoms with Crippen LogP contribution in [0.15, 0.2) is 59.2 Å². The van der Waals surface area contributed by atoms with E-state index in [-0.39, 0.29) is 5.92 Å². The lowest BCUT2D eigenvalue weighted by molar-refractivity contribution is 0.414. The summed E-state index contributed by atoms with van der Waals surface area (Å²) in [5.41, 5.74) is 9.21. The fraction of sp³-hybridized carbons (Fsp3) is 0.167. The molecule has 0 amide bonds. The molecule has 0 aliphatic heterocycles. The normalized spacial score (nSPS) is 12.1. The molecule has 0 saturated heterocycles. The van der Waals surface area contributed by atoms with E-state index < -0.39 is 0 Å². The zero-order valence-electron chi connectivity index (χ0n) is 12.8. The quantitative estimate of drug-likeness (QED) is 0.708. The van der Waals surface area contributed by atoms with Crippen molar-refractivity contribution < 1.29 is 4.74 Å². The minimum atomic E-state index is 0.159. The molecule has 0 aliphatic carbocycles. The van der Waals surface area contributed by atoms with Gasteiger partial charge in [-0.2, -0.15) is 0 Å². The molecule has 1 atom stereocenters. The lowest BCUT2D eigenvalue weighted by Gasteiger charge is -2.17. The van der Waals surface area contributed by atoms with Gasteiger partial charge >= 0.3 is 0 Å². The molecule has 3 N–H and O–H groups in total. The Bertz CT molecular complexity index is 766. The number of H-pyrrole nitrogens is 1. The van der Waals surface area contributed by atoms with E-state index in [2.05, 4.69) is 62.3 Å². The maximum Gasteiger partial charge on any atom is 0.197 e. The second-order valence-corrected chi connectivity index (χ2v) is 6.30. The van der Waals surface area contributed by atoms with E-state index in [0.29, 0.717) is 5.95 Å². The van der Waals surface area contributed by atoms with Gasteiger partial charge in [0.1, 0.15) is 5.75 Å². The first kappa shape index (κ1) is 15.6. The van der Waals surface area contributed by atoms with Gasteiger partial charge in [0.2, 0.25) is 0 Å². The van der Waals surface area contributed by atoms with Crippen LogP contribution in [0.2, 0.25) is 0 Å². The minimum Gasteiger partial charge on any atom is -0.497 e. The third-order valence-corrected chi connectivity index (χ3v) is 4.39. The Morgan fingerprint density at radius 2 is 1.83 bits per heavy atom. The molecule has 2 aromatic carbocycles. The van der Waals surface area contributed by atoms with Crippen molar-refractivity contribution in [3.8, 4) is 5.75 Å². The molecule has 23 heavy (non-hydrogen) atoms. The highest BCUT2D eigenvalue weighted by atomic mass is 79.9. The fourth-order valence-electron chi connectivity index (χ4n) is 2.63. The molecular formula is C18H18BrN3O. The molecule has 1 aromatic heterocycles. The summed E-state index contributed by atoms with van der Waals surface area (Å²) < 4.78 is 6.32. The summed E-state index contributed by atoms with van der Waals surface area (Å²) in [5.74, 6) is 1.45. The molecule has 0 radical (unpaired) electrons. The van der Waals surface area contributed by atoms with E-state index in [1.165, 1.54) is 11.1 Å². The van der Waals surface area contributed by atoms with E-state index in [1.54, 1.807) is 7.11 Å². The maximum absolute atomic E-state index is 5.76. The second-order valence-electron chi connectivity index (χ2n) is 5.38. The summed E-state index contributed by atoms with van der Waals surface area (Å²) in [6, 6.07) is 16.5. The molecule has 0 fully saturated rings.